The molecule has 0 aliphatic rings. The zero-order chi connectivity index (χ0) is 13.0. The van der Waals surface area contributed by atoms with Gasteiger partial charge in [-0.05, 0) is 39.2 Å². The van der Waals surface area contributed by atoms with E-state index in [1.54, 1.807) is 4.68 Å². The largest absolute Gasteiger partial charge is 0.314 e. The standard InChI is InChI=1S/C13H24ClN3/c1-6-7-15-10(3)9(2)8-12-11(4)16-17(5)13(12)14/h9-10,15H,6-8H2,1-5H3. The summed E-state index contributed by atoms with van der Waals surface area (Å²) in [5.74, 6) is 0.557. The highest BCUT2D eigenvalue weighted by Crippen LogP contribution is 2.23. The second-order valence-corrected chi connectivity index (χ2v) is 5.26. The van der Waals surface area contributed by atoms with Crippen molar-refractivity contribution >= 4 is 11.6 Å². The minimum absolute atomic E-state index is 0.505. The molecule has 17 heavy (non-hydrogen) atoms. The van der Waals surface area contributed by atoms with Crippen LogP contribution in [-0.4, -0.2) is 22.4 Å². The van der Waals surface area contributed by atoms with Gasteiger partial charge < -0.3 is 5.32 Å². The summed E-state index contributed by atoms with van der Waals surface area (Å²) in [6, 6.07) is 0.505. The lowest BCUT2D eigenvalue weighted by atomic mass is 9.95. The van der Waals surface area contributed by atoms with Gasteiger partial charge in [0.2, 0.25) is 0 Å². The summed E-state index contributed by atoms with van der Waals surface area (Å²) in [5.41, 5.74) is 2.24. The maximum Gasteiger partial charge on any atom is 0.130 e. The quantitative estimate of drug-likeness (QED) is 0.849. The first-order valence-electron chi connectivity index (χ1n) is 6.38. The molecule has 1 aromatic rings. The van der Waals surface area contributed by atoms with Crippen molar-refractivity contribution in [2.75, 3.05) is 6.54 Å². The van der Waals surface area contributed by atoms with E-state index in [9.17, 15) is 0 Å². The molecule has 0 saturated carbocycles. The number of rotatable bonds is 6. The molecule has 3 nitrogen and oxygen atoms in total. The van der Waals surface area contributed by atoms with Gasteiger partial charge in [0.25, 0.3) is 0 Å². The number of hydrogen-bond donors (Lipinski definition) is 1. The average Bonchev–Trinajstić information content (AvgIpc) is 2.52. The Hall–Kier alpha value is -0.540. The van der Waals surface area contributed by atoms with Crippen molar-refractivity contribution in [3.05, 3.63) is 16.4 Å². The monoisotopic (exact) mass is 257 g/mol. The fourth-order valence-electron chi connectivity index (χ4n) is 1.98. The van der Waals surface area contributed by atoms with Gasteiger partial charge in [-0.2, -0.15) is 5.10 Å². The fourth-order valence-corrected chi connectivity index (χ4v) is 2.23. The van der Waals surface area contributed by atoms with Crippen LogP contribution in [0.3, 0.4) is 0 Å². The second-order valence-electron chi connectivity index (χ2n) is 4.90. The van der Waals surface area contributed by atoms with Crippen LogP contribution in [-0.2, 0) is 13.5 Å². The third-order valence-corrected chi connectivity index (χ3v) is 3.84. The van der Waals surface area contributed by atoms with E-state index in [4.69, 9.17) is 11.6 Å². The molecule has 0 fully saturated rings. The third-order valence-electron chi connectivity index (χ3n) is 3.37. The van der Waals surface area contributed by atoms with Crippen molar-refractivity contribution in [3.63, 3.8) is 0 Å². The molecule has 98 valence electrons. The molecule has 4 heteroatoms. The fraction of sp³-hybridized carbons (Fsp3) is 0.769. The SMILES string of the molecule is CCCNC(C)C(C)Cc1c(C)nn(C)c1Cl. The zero-order valence-corrected chi connectivity index (χ0v) is 12.3. The smallest absolute Gasteiger partial charge is 0.130 e. The van der Waals surface area contributed by atoms with E-state index >= 15 is 0 Å². The van der Waals surface area contributed by atoms with Gasteiger partial charge in [0.1, 0.15) is 5.15 Å². The van der Waals surface area contributed by atoms with Crippen molar-refractivity contribution in [1.82, 2.24) is 15.1 Å². The first-order valence-corrected chi connectivity index (χ1v) is 6.76. The molecule has 0 spiro atoms. The minimum Gasteiger partial charge on any atom is -0.314 e. The normalized spacial score (nSPS) is 14.9. The topological polar surface area (TPSA) is 29.9 Å². The molecule has 2 unspecified atom stereocenters. The Labute approximate surface area is 110 Å². The Morgan fingerprint density at radius 1 is 1.41 bits per heavy atom. The summed E-state index contributed by atoms with van der Waals surface area (Å²) in [6.07, 6.45) is 2.15. The molecule has 2 atom stereocenters. The lowest BCUT2D eigenvalue weighted by molar-refractivity contribution is 0.398. The predicted molar refractivity (Wildman–Crippen MR) is 73.6 cm³/mol. The molecule has 0 aliphatic carbocycles. The highest BCUT2D eigenvalue weighted by Gasteiger charge is 2.18. The first-order chi connectivity index (χ1) is 7.97. The van der Waals surface area contributed by atoms with E-state index < -0.39 is 0 Å². The number of hydrogen-bond acceptors (Lipinski definition) is 2. The van der Waals surface area contributed by atoms with Gasteiger partial charge in [-0.1, -0.05) is 25.4 Å². The Morgan fingerprint density at radius 2 is 2.06 bits per heavy atom. The summed E-state index contributed by atoms with van der Waals surface area (Å²) < 4.78 is 1.75. The van der Waals surface area contributed by atoms with Gasteiger partial charge in [0.15, 0.2) is 0 Å². The van der Waals surface area contributed by atoms with E-state index in [1.807, 2.05) is 14.0 Å². The highest BCUT2D eigenvalue weighted by molar-refractivity contribution is 6.30. The van der Waals surface area contributed by atoms with Gasteiger partial charge in [-0.25, -0.2) is 0 Å². The summed E-state index contributed by atoms with van der Waals surface area (Å²) >= 11 is 6.25. The van der Waals surface area contributed by atoms with Crippen LogP contribution in [0.5, 0.6) is 0 Å². The Bertz CT molecular complexity index is 360. The first kappa shape index (κ1) is 14.5. The molecule has 1 N–H and O–H groups in total. The van der Waals surface area contributed by atoms with Crippen molar-refractivity contribution in [2.24, 2.45) is 13.0 Å². The molecule has 1 rings (SSSR count). The lowest BCUT2D eigenvalue weighted by Gasteiger charge is -2.21. The number of aromatic nitrogens is 2. The molecule has 0 aromatic carbocycles. The molecule has 0 bridgehead atoms. The lowest BCUT2D eigenvalue weighted by Crippen LogP contribution is -2.33. The summed E-state index contributed by atoms with van der Waals surface area (Å²) in [7, 11) is 1.89. The van der Waals surface area contributed by atoms with Gasteiger partial charge in [0.05, 0.1) is 5.69 Å². The van der Waals surface area contributed by atoms with Gasteiger partial charge in [-0.15, -0.1) is 0 Å². The molecule has 0 amide bonds. The van der Waals surface area contributed by atoms with Crippen LogP contribution in [0.15, 0.2) is 0 Å². The van der Waals surface area contributed by atoms with Crippen molar-refractivity contribution in [2.45, 2.75) is 46.6 Å². The predicted octanol–water partition coefficient (Wildman–Crippen LogP) is 2.95. The number of halogens is 1. The van der Waals surface area contributed by atoms with Crippen LogP contribution >= 0.6 is 11.6 Å². The molecule has 0 aliphatic heterocycles. The van der Waals surface area contributed by atoms with Crippen LogP contribution in [0.4, 0.5) is 0 Å². The van der Waals surface area contributed by atoms with E-state index in [-0.39, 0.29) is 0 Å². The molecule has 0 radical (unpaired) electrons. The second kappa shape index (κ2) is 6.41. The van der Waals surface area contributed by atoms with Crippen LogP contribution in [0.25, 0.3) is 0 Å². The van der Waals surface area contributed by atoms with Gasteiger partial charge >= 0.3 is 0 Å². The van der Waals surface area contributed by atoms with Crippen LogP contribution in [0, 0.1) is 12.8 Å². The summed E-state index contributed by atoms with van der Waals surface area (Å²) in [6.45, 7) is 9.78. The van der Waals surface area contributed by atoms with E-state index in [0.29, 0.717) is 12.0 Å². The third kappa shape index (κ3) is 3.71. The molecule has 1 aromatic heterocycles. The maximum atomic E-state index is 6.25. The Balaban J connectivity index is 2.64. The number of aryl methyl sites for hydroxylation is 2. The highest BCUT2D eigenvalue weighted by atomic mass is 35.5. The summed E-state index contributed by atoms with van der Waals surface area (Å²) in [5, 5.41) is 8.65. The van der Waals surface area contributed by atoms with Crippen LogP contribution < -0.4 is 5.32 Å². The van der Waals surface area contributed by atoms with E-state index in [2.05, 4.69) is 31.2 Å². The molecular weight excluding hydrogens is 234 g/mol. The van der Waals surface area contributed by atoms with Gasteiger partial charge in [-0.3, -0.25) is 4.68 Å². The van der Waals surface area contributed by atoms with Crippen LogP contribution in [0.1, 0.15) is 38.4 Å². The summed E-state index contributed by atoms with van der Waals surface area (Å²) in [4.78, 5) is 0. The van der Waals surface area contributed by atoms with E-state index in [0.717, 1.165) is 23.8 Å². The van der Waals surface area contributed by atoms with Crippen molar-refractivity contribution < 1.29 is 0 Å². The molecule has 1 heterocycles. The molecular formula is C13H24ClN3. The Kier molecular flexibility index (Phi) is 5.47. The van der Waals surface area contributed by atoms with Crippen LogP contribution in [0.2, 0.25) is 5.15 Å². The number of nitrogens with one attached hydrogen (secondary N) is 1. The zero-order valence-electron chi connectivity index (χ0n) is 11.5. The minimum atomic E-state index is 0.505. The van der Waals surface area contributed by atoms with Crippen molar-refractivity contribution in [3.8, 4) is 0 Å². The average molecular weight is 258 g/mol. The number of nitrogens with zero attached hydrogens (tertiary/aromatic N) is 2. The van der Waals surface area contributed by atoms with Crippen molar-refractivity contribution in [1.29, 1.82) is 0 Å². The molecule has 0 saturated heterocycles. The van der Waals surface area contributed by atoms with Gasteiger partial charge in [0, 0.05) is 18.7 Å². The Morgan fingerprint density at radius 3 is 2.53 bits per heavy atom. The van der Waals surface area contributed by atoms with E-state index in [1.165, 1.54) is 12.0 Å². The maximum absolute atomic E-state index is 6.25.